The molecule has 1 heterocycles. The fourth-order valence-electron chi connectivity index (χ4n) is 3.77. The minimum Gasteiger partial charge on any atom is -0.300 e. The van der Waals surface area contributed by atoms with E-state index in [1.54, 1.807) is 0 Å². The van der Waals surface area contributed by atoms with E-state index in [4.69, 9.17) is 0 Å². The van der Waals surface area contributed by atoms with Gasteiger partial charge >= 0.3 is 0 Å². The van der Waals surface area contributed by atoms with Gasteiger partial charge in [-0.15, -0.1) is 0 Å². The summed E-state index contributed by atoms with van der Waals surface area (Å²) in [5, 5.41) is 0. The zero-order chi connectivity index (χ0) is 13.1. The van der Waals surface area contributed by atoms with Crippen LogP contribution in [0.3, 0.4) is 0 Å². The molecule has 0 amide bonds. The highest BCUT2D eigenvalue weighted by Gasteiger charge is 2.29. The molecular formula is C17H24BrN. The van der Waals surface area contributed by atoms with E-state index in [0.717, 1.165) is 12.0 Å². The zero-order valence-corrected chi connectivity index (χ0v) is 13.2. The molecule has 1 aliphatic heterocycles. The number of likely N-dealkylation sites (tertiary alicyclic amines) is 1. The third-order valence-corrected chi connectivity index (χ3v) is 5.37. The first-order valence-corrected chi connectivity index (χ1v) is 8.62. The number of hydrogen-bond acceptors (Lipinski definition) is 1. The Balaban J connectivity index is 1.63. The summed E-state index contributed by atoms with van der Waals surface area (Å²) in [7, 11) is 0. The lowest BCUT2D eigenvalue weighted by Crippen LogP contribution is -2.32. The average molecular weight is 322 g/mol. The van der Waals surface area contributed by atoms with E-state index in [1.165, 1.54) is 68.1 Å². The molecule has 2 heteroatoms. The third-order valence-electron chi connectivity index (χ3n) is 4.88. The SMILES string of the molecule is Brc1cccc(C2CCN(C3CCCCCC3)C2)c1. The van der Waals surface area contributed by atoms with Crippen molar-refractivity contribution in [1.82, 2.24) is 4.90 Å². The number of halogens is 1. The Morgan fingerprint density at radius 1 is 1.00 bits per heavy atom. The van der Waals surface area contributed by atoms with Crippen molar-refractivity contribution in [2.24, 2.45) is 0 Å². The normalized spacial score (nSPS) is 26.5. The topological polar surface area (TPSA) is 3.24 Å². The fraction of sp³-hybridized carbons (Fsp3) is 0.647. The standard InChI is InChI=1S/C17H24BrN/c18-16-7-5-6-14(12-16)15-10-11-19(13-15)17-8-3-1-2-4-9-17/h5-7,12,15,17H,1-4,8-11,13H2. The van der Waals surface area contributed by atoms with Crippen molar-refractivity contribution in [3.8, 4) is 0 Å². The first-order chi connectivity index (χ1) is 9.33. The monoisotopic (exact) mass is 321 g/mol. The predicted octanol–water partition coefficient (Wildman–Crippen LogP) is 4.96. The quantitative estimate of drug-likeness (QED) is 0.696. The van der Waals surface area contributed by atoms with E-state index in [9.17, 15) is 0 Å². The summed E-state index contributed by atoms with van der Waals surface area (Å²) in [6.45, 7) is 2.59. The second kappa shape index (κ2) is 6.41. The Bertz CT molecular complexity index is 409. The number of nitrogens with zero attached hydrogens (tertiary/aromatic N) is 1. The van der Waals surface area contributed by atoms with Gasteiger partial charge in [0.25, 0.3) is 0 Å². The lowest BCUT2D eigenvalue weighted by atomic mass is 9.98. The number of benzene rings is 1. The van der Waals surface area contributed by atoms with Crippen LogP contribution >= 0.6 is 15.9 Å². The van der Waals surface area contributed by atoms with Crippen LogP contribution in [0.4, 0.5) is 0 Å². The highest BCUT2D eigenvalue weighted by atomic mass is 79.9. The Kier molecular flexibility index (Phi) is 4.60. The maximum absolute atomic E-state index is 3.60. The van der Waals surface area contributed by atoms with Gasteiger partial charge in [0.2, 0.25) is 0 Å². The summed E-state index contributed by atoms with van der Waals surface area (Å²) < 4.78 is 1.22. The van der Waals surface area contributed by atoms with Crippen LogP contribution in [0.15, 0.2) is 28.7 Å². The van der Waals surface area contributed by atoms with Crippen LogP contribution in [-0.4, -0.2) is 24.0 Å². The molecule has 0 radical (unpaired) electrons. The van der Waals surface area contributed by atoms with Crippen molar-refractivity contribution in [2.75, 3.05) is 13.1 Å². The summed E-state index contributed by atoms with van der Waals surface area (Å²) in [6, 6.07) is 9.78. The predicted molar refractivity (Wildman–Crippen MR) is 84.6 cm³/mol. The molecule has 104 valence electrons. The summed E-state index contributed by atoms with van der Waals surface area (Å²) in [5.41, 5.74) is 1.52. The molecule has 1 atom stereocenters. The smallest absolute Gasteiger partial charge is 0.0178 e. The molecule has 1 aromatic rings. The van der Waals surface area contributed by atoms with Crippen molar-refractivity contribution < 1.29 is 0 Å². The molecule has 2 aliphatic rings. The molecule has 1 nitrogen and oxygen atoms in total. The van der Waals surface area contributed by atoms with Crippen LogP contribution in [0, 0.1) is 0 Å². The molecule has 3 rings (SSSR count). The molecule has 0 N–H and O–H groups in total. The van der Waals surface area contributed by atoms with Crippen LogP contribution < -0.4 is 0 Å². The molecule has 0 spiro atoms. The van der Waals surface area contributed by atoms with Gasteiger partial charge in [-0.25, -0.2) is 0 Å². The second-order valence-electron chi connectivity index (χ2n) is 6.18. The second-order valence-corrected chi connectivity index (χ2v) is 7.10. The number of hydrogen-bond donors (Lipinski definition) is 0. The summed E-state index contributed by atoms with van der Waals surface area (Å²) in [4.78, 5) is 2.77. The molecule has 19 heavy (non-hydrogen) atoms. The minimum atomic E-state index is 0.751. The van der Waals surface area contributed by atoms with E-state index in [2.05, 4.69) is 45.1 Å². The van der Waals surface area contributed by atoms with Gasteiger partial charge < -0.3 is 0 Å². The lowest BCUT2D eigenvalue weighted by Gasteiger charge is -2.26. The first-order valence-electron chi connectivity index (χ1n) is 7.82. The van der Waals surface area contributed by atoms with Gasteiger partial charge in [0.15, 0.2) is 0 Å². The van der Waals surface area contributed by atoms with Crippen LogP contribution in [0.1, 0.15) is 56.4 Å². The maximum atomic E-state index is 3.60. The number of rotatable bonds is 2. The maximum Gasteiger partial charge on any atom is 0.0178 e. The van der Waals surface area contributed by atoms with Gasteiger partial charge in [0.05, 0.1) is 0 Å². The van der Waals surface area contributed by atoms with Crippen molar-refractivity contribution in [3.05, 3.63) is 34.3 Å². The molecule has 1 saturated carbocycles. The highest BCUT2D eigenvalue weighted by Crippen LogP contribution is 2.32. The summed E-state index contributed by atoms with van der Waals surface area (Å²) in [6.07, 6.45) is 10.0. The van der Waals surface area contributed by atoms with Crippen LogP contribution in [-0.2, 0) is 0 Å². The van der Waals surface area contributed by atoms with Crippen LogP contribution in [0.2, 0.25) is 0 Å². The minimum absolute atomic E-state index is 0.751. The Labute approximate surface area is 125 Å². The molecule has 1 saturated heterocycles. The zero-order valence-electron chi connectivity index (χ0n) is 11.7. The Morgan fingerprint density at radius 3 is 2.53 bits per heavy atom. The van der Waals surface area contributed by atoms with Gasteiger partial charge in [0.1, 0.15) is 0 Å². The van der Waals surface area contributed by atoms with Gasteiger partial charge in [-0.2, -0.15) is 0 Å². The summed E-state index contributed by atoms with van der Waals surface area (Å²) >= 11 is 3.60. The van der Waals surface area contributed by atoms with E-state index in [0.29, 0.717) is 0 Å². The average Bonchev–Trinajstić information content (AvgIpc) is 2.75. The van der Waals surface area contributed by atoms with E-state index in [1.807, 2.05) is 0 Å². The van der Waals surface area contributed by atoms with Gasteiger partial charge in [-0.05, 0) is 49.4 Å². The van der Waals surface area contributed by atoms with Crippen molar-refractivity contribution >= 4 is 15.9 Å². The van der Waals surface area contributed by atoms with Crippen molar-refractivity contribution in [3.63, 3.8) is 0 Å². The summed E-state index contributed by atoms with van der Waals surface area (Å²) in [5.74, 6) is 0.751. The van der Waals surface area contributed by atoms with Crippen molar-refractivity contribution in [2.45, 2.75) is 56.9 Å². The van der Waals surface area contributed by atoms with Gasteiger partial charge in [-0.3, -0.25) is 4.90 Å². The molecule has 0 aromatic heterocycles. The van der Waals surface area contributed by atoms with E-state index in [-0.39, 0.29) is 0 Å². The Hall–Kier alpha value is -0.340. The van der Waals surface area contributed by atoms with Gasteiger partial charge in [-0.1, -0.05) is 53.7 Å². The first kappa shape index (κ1) is 13.6. The van der Waals surface area contributed by atoms with E-state index >= 15 is 0 Å². The van der Waals surface area contributed by atoms with Crippen LogP contribution in [0.25, 0.3) is 0 Å². The third kappa shape index (κ3) is 3.41. The largest absolute Gasteiger partial charge is 0.300 e. The molecule has 2 fully saturated rings. The molecule has 1 unspecified atom stereocenters. The highest BCUT2D eigenvalue weighted by molar-refractivity contribution is 9.10. The van der Waals surface area contributed by atoms with Crippen molar-refractivity contribution in [1.29, 1.82) is 0 Å². The van der Waals surface area contributed by atoms with Gasteiger partial charge in [0, 0.05) is 17.1 Å². The van der Waals surface area contributed by atoms with Crippen LogP contribution in [0.5, 0.6) is 0 Å². The molecule has 0 bridgehead atoms. The fourth-order valence-corrected chi connectivity index (χ4v) is 4.19. The molecule has 1 aliphatic carbocycles. The Morgan fingerprint density at radius 2 is 1.79 bits per heavy atom. The molecule has 1 aromatic carbocycles. The van der Waals surface area contributed by atoms with E-state index < -0.39 is 0 Å². The lowest BCUT2D eigenvalue weighted by molar-refractivity contribution is 0.218. The molecular weight excluding hydrogens is 298 g/mol.